The Labute approximate surface area is 173 Å². The number of fused-ring (bicyclic) bond motifs is 1. The summed E-state index contributed by atoms with van der Waals surface area (Å²) in [6.07, 6.45) is 1.88. The molecular formula is C19H21N5O5S. The number of nitrogens with one attached hydrogen (secondary N) is 2. The van der Waals surface area contributed by atoms with E-state index in [9.17, 15) is 18.0 Å². The van der Waals surface area contributed by atoms with Gasteiger partial charge in [-0.25, -0.2) is 17.9 Å². The van der Waals surface area contributed by atoms with Crippen LogP contribution in [0.4, 0.5) is 5.69 Å². The standard InChI is InChI=1S/C19H21N5O5S/c1-12(2)23-30(27,28)16-7-5-15(6-8-16)21-18(25)13(3)29-19(26)14-4-9-17-22-20-11-24(17)10-14/h4-13,23H,1-3H3,(H,21,25). The lowest BCUT2D eigenvalue weighted by Gasteiger charge is -2.14. The van der Waals surface area contributed by atoms with Gasteiger partial charge in [-0.2, -0.15) is 0 Å². The summed E-state index contributed by atoms with van der Waals surface area (Å²) in [6.45, 7) is 4.88. The minimum atomic E-state index is -3.62. The van der Waals surface area contributed by atoms with Gasteiger partial charge in [-0.3, -0.25) is 9.20 Å². The predicted molar refractivity (Wildman–Crippen MR) is 108 cm³/mol. The van der Waals surface area contributed by atoms with Gasteiger partial charge in [0.15, 0.2) is 11.8 Å². The quantitative estimate of drug-likeness (QED) is 0.543. The molecular weight excluding hydrogens is 410 g/mol. The van der Waals surface area contributed by atoms with Crippen molar-refractivity contribution in [3.8, 4) is 0 Å². The highest BCUT2D eigenvalue weighted by Gasteiger charge is 2.20. The molecule has 2 N–H and O–H groups in total. The zero-order valence-corrected chi connectivity index (χ0v) is 17.4. The number of ether oxygens (including phenoxy) is 1. The smallest absolute Gasteiger partial charge is 0.340 e. The highest BCUT2D eigenvalue weighted by atomic mass is 32.2. The molecule has 1 unspecified atom stereocenters. The summed E-state index contributed by atoms with van der Waals surface area (Å²) in [7, 11) is -3.62. The predicted octanol–water partition coefficient (Wildman–Crippen LogP) is 1.60. The Morgan fingerprint density at radius 3 is 2.43 bits per heavy atom. The number of hydrogen-bond donors (Lipinski definition) is 2. The fourth-order valence-corrected chi connectivity index (χ4v) is 3.82. The molecule has 0 aliphatic carbocycles. The van der Waals surface area contributed by atoms with E-state index in [1.807, 2.05) is 0 Å². The summed E-state index contributed by atoms with van der Waals surface area (Å²) in [5.41, 5.74) is 1.19. The van der Waals surface area contributed by atoms with Gasteiger partial charge in [0.2, 0.25) is 10.0 Å². The van der Waals surface area contributed by atoms with E-state index >= 15 is 0 Å². The van der Waals surface area contributed by atoms with Crippen LogP contribution in [0.2, 0.25) is 0 Å². The van der Waals surface area contributed by atoms with E-state index < -0.39 is 28.0 Å². The lowest BCUT2D eigenvalue weighted by atomic mass is 10.2. The van der Waals surface area contributed by atoms with E-state index in [4.69, 9.17) is 4.74 Å². The average Bonchev–Trinajstić information content (AvgIpc) is 3.15. The molecule has 158 valence electrons. The summed E-state index contributed by atoms with van der Waals surface area (Å²) in [6, 6.07) is 8.58. The van der Waals surface area contributed by atoms with E-state index in [1.54, 1.807) is 24.3 Å². The van der Waals surface area contributed by atoms with Gasteiger partial charge in [0.05, 0.1) is 10.5 Å². The highest BCUT2D eigenvalue weighted by molar-refractivity contribution is 7.89. The first-order valence-electron chi connectivity index (χ1n) is 9.09. The van der Waals surface area contributed by atoms with Crippen molar-refractivity contribution in [3.05, 3.63) is 54.5 Å². The molecule has 0 spiro atoms. The molecule has 3 aromatic rings. The van der Waals surface area contributed by atoms with E-state index in [-0.39, 0.29) is 16.5 Å². The zero-order chi connectivity index (χ0) is 21.9. The number of rotatable bonds is 7. The SMILES string of the molecule is CC(C)NS(=O)(=O)c1ccc(NC(=O)C(C)OC(=O)c2ccc3nncn3c2)cc1. The molecule has 0 aliphatic heterocycles. The van der Waals surface area contributed by atoms with Crippen LogP contribution in [0.5, 0.6) is 0 Å². The maximum Gasteiger partial charge on any atom is 0.340 e. The van der Waals surface area contributed by atoms with Gasteiger partial charge in [-0.1, -0.05) is 0 Å². The van der Waals surface area contributed by atoms with Crippen molar-refractivity contribution in [2.24, 2.45) is 0 Å². The van der Waals surface area contributed by atoms with Gasteiger partial charge in [0, 0.05) is 17.9 Å². The Kier molecular flexibility index (Phi) is 6.13. The first-order valence-corrected chi connectivity index (χ1v) is 10.6. The number of carbonyl (C=O) groups excluding carboxylic acids is 2. The molecule has 1 amide bonds. The molecule has 2 aromatic heterocycles. The summed E-state index contributed by atoms with van der Waals surface area (Å²) in [5, 5.41) is 10.2. The molecule has 0 fully saturated rings. The van der Waals surface area contributed by atoms with Crippen molar-refractivity contribution >= 4 is 33.2 Å². The van der Waals surface area contributed by atoms with Crippen LogP contribution in [0.15, 0.2) is 53.8 Å². The largest absolute Gasteiger partial charge is 0.449 e. The molecule has 0 aliphatic rings. The van der Waals surface area contributed by atoms with Crippen LogP contribution >= 0.6 is 0 Å². The second-order valence-electron chi connectivity index (χ2n) is 6.85. The van der Waals surface area contributed by atoms with Crippen LogP contribution in [-0.2, 0) is 19.6 Å². The van der Waals surface area contributed by atoms with Crippen LogP contribution in [0.1, 0.15) is 31.1 Å². The number of benzene rings is 1. The second-order valence-corrected chi connectivity index (χ2v) is 8.57. The second kappa shape index (κ2) is 8.59. The Hall–Kier alpha value is -3.31. The Morgan fingerprint density at radius 2 is 1.77 bits per heavy atom. The number of carbonyl (C=O) groups is 2. The first-order chi connectivity index (χ1) is 14.2. The van der Waals surface area contributed by atoms with Crippen molar-refractivity contribution in [1.29, 1.82) is 0 Å². The Balaban J connectivity index is 1.61. The molecule has 0 saturated carbocycles. The number of pyridine rings is 1. The zero-order valence-electron chi connectivity index (χ0n) is 16.6. The van der Waals surface area contributed by atoms with Crippen molar-refractivity contribution in [2.75, 3.05) is 5.32 Å². The molecule has 10 nitrogen and oxygen atoms in total. The normalized spacial score (nSPS) is 12.7. The van der Waals surface area contributed by atoms with Gasteiger partial charge < -0.3 is 10.1 Å². The molecule has 2 heterocycles. The number of nitrogens with zero attached hydrogens (tertiary/aromatic N) is 3. The molecule has 0 radical (unpaired) electrons. The maximum atomic E-state index is 12.3. The number of hydrogen-bond acceptors (Lipinski definition) is 7. The summed E-state index contributed by atoms with van der Waals surface area (Å²) in [4.78, 5) is 24.7. The van der Waals surface area contributed by atoms with E-state index in [2.05, 4.69) is 20.2 Å². The highest BCUT2D eigenvalue weighted by Crippen LogP contribution is 2.15. The minimum Gasteiger partial charge on any atom is -0.449 e. The van der Waals surface area contributed by atoms with E-state index in [0.29, 0.717) is 11.3 Å². The Morgan fingerprint density at radius 1 is 1.07 bits per heavy atom. The fraction of sp³-hybridized carbons (Fsp3) is 0.263. The van der Waals surface area contributed by atoms with Crippen molar-refractivity contribution < 1.29 is 22.7 Å². The molecule has 3 rings (SSSR count). The summed E-state index contributed by atoms with van der Waals surface area (Å²) < 4.78 is 33.5. The van der Waals surface area contributed by atoms with Crippen molar-refractivity contribution in [3.63, 3.8) is 0 Å². The maximum absolute atomic E-state index is 12.3. The van der Waals surface area contributed by atoms with E-state index in [0.717, 1.165) is 0 Å². The molecule has 11 heteroatoms. The van der Waals surface area contributed by atoms with Crippen LogP contribution in [0.25, 0.3) is 5.65 Å². The monoisotopic (exact) mass is 431 g/mol. The summed E-state index contributed by atoms with van der Waals surface area (Å²) >= 11 is 0. The lowest BCUT2D eigenvalue weighted by molar-refractivity contribution is -0.123. The van der Waals surface area contributed by atoms with Crippen molar-refractivity contribution in [2.45, 2.75) is 37.8 Å². The third-order valence-corrected chi connectivity index (χ3v) is 5.68. The fourth-order valence-electron chi connectivity index (χ4n) is 2.57. The third-order valence-electron chi connectivity index (χ3n) is 4.00. The molecule has 30 heavy (non-hydrogen) atoms. The van der Waals surface area contributed by atoms with Gasteiger partial charge in [-0.05, 0) is 57.2 Å². The Bertz CT molecular complexity index is 1170. The number of amides is 1. The topological polar surface area (TPSA) is 132 Å². The van der Waals surface area contributed by atoms with Gasteiger partial charge >= 0.3 is 5.97 Å². The third kappa shape index (κ3) is 4.99. The van der Waals surface area contributed by atoms with E-state index in [1.165, 1.54) is 49.8 Å². The van der Waals surface area contributed by atoms with Gasteiger partial charge in [0.25, 0.3) is 5.91 Å². The molecule has 1 aromatic carbocycles. The number of aromatic nitrogens is 3. The number of sulfonamides is 1. The summed E-state index contributed by atoms with van der Waals surface area (Å²) in [5.74, 6) is -1.22. The van der Waals surface area contributed by atoms with Crippen LogP contribution in [0.3, 0.4) is 0 Å². The molecule has 0 bridgehead atoms. The van der Waals surface area contributed by atoms with Crippen molar-refractivity contribution in [1.82, 2.24) is 19.3 Å². The minimum absolute atomic E-state index is 0.0815. The van der Waals surface area contributed by atoms with Gasteiger partial charge in [0.1, 0.15) is 6.33 Å². The van der Waals surface area contributed by atoms with Crippen LogP contribution < -0.4 is 10.0 Å². The van der Waals surface area contributed by atoms with Crippen LogP contribution in [0, 0.1) is 0 Å². The average molecular weight is 431 g/mol. The number of esters is 1. The lowest BCUT2D eigenvalue weighted by Crippen LogP contribution is -2.30. The van der Waals surface area contributed by atoms with Crippen LogP contribution in [-0.4, -0.2) is 47.0 Å². The first kappa shape index (κ1) is 21.4. The van der Waals surface area contributed by atoms with Gasteiger partial charge in [-0.15, -0.1) is 10.2 Å². The molecule has 0 saturated heterocycles. The number of anilines is 1. The molecule has 1 atom stereocenters.